The lowest BCUT2D eigenvalue weighted by Crippen LogP contribution is -2.37. The molecule has 1 amide bonds. The molecule has 0 bridgehead atoms. The summed E-state index contributed by atoms with van der Waals surface area (Å²) in [5.74, 6) is -0.369. The number of carbonyl (C=O) groups is 1. The molecule has 0 aliphatic carbocycles. The highest BCUT2D eigenvalue weighted by Crippen LogP contribution is 2.17. The smallest absolute Gasteiger partial charge is 0.260 e. The van der Waals surface area contributed by atoms with Gasteiger partial charge in [0.05, 0.1) is 18.3 Å². The van der Waals surface area contributed by atoms with Gasteiger partial charge in [0.25, 0.3) is 5.91 Å². The maximum Gasteiger partial charge on any atom is 0.260 e. The van der Waals surface area contributed by atoms with Crippen molar-refractivity contribution in [2.75, 3.05) is 13.2 Å². The average Bonchev–Trinajstić information content (AvgIpc) is 2.91. The number of H-pyrrole nitrogens is 1. The van der Waals surface area contributed by atoms with E-state index in [0.29, 0.717) is 5.56 Å². The molecule has 21 heavy (non-hydrogen) atoms. The Morgan fingerprint density at radius 1 is 1.43 bits per heavy atom. The predicted octanol–water partition coefficient (Wildman–Crippen LogP) is -0.0443. The van der Waals surface area contributed by atoms with E-state index in [4.69, 9.17) is 15.9 Å². The van der Waals surface area contributed by atoms with Gasteiger partial charge in [0.15, 0.2) is 5.96 Å². The number of aliphatic imine (C=N–C) groups is 1. The molecule has 0 fully saturated rings. The SMILES string of the molecule is NC(=NCCC(O)CO)NC(=O)c1c[nH]c2ccccc12. The Labute approximate surface area is 121 Å². The Morgan fingerprint density at radius 2 is 2.19 bits per heavy atom. The fraction of sp³-hybridized carbons (Fsp3) is 0.286. The minimum atomic E-state index is -0.828. The lowest BCUT2D eigenvalue weighted by molar-refractivity contribution is 0.0903. The number of nitrogens with zero attached hydrogens (tertiary/aromatic N) is 1. The van der Waals surface area contributed by atoms with Crippen molar-refractivity contribution in [1.29, 1.82) is 0 Å². The van der Waals surface area contributed by atoms with E-state index in [1.54, 1.807) is 6.20 Å². The normalized spacial score (nSPS) is 13.3. The zero-order chi connectivity index (χ0) is 15.2. The van der Waals surface area contributed by atoms with Gasteiger partial charge >= 0.3 is 0 Å². The van der Waals surface area contributed by atoms with Gasteiger partial charge < -0.3 is 20.9 Å². The Hall–Kier alpha value is -2.38. The second-order valence-corrected chi connectivity index (χ2v) is 4.59. The largest absolute Gasteiger partial charge is 0.394 e. The van der Waals surface area contributed by atoms with Crippen molar-refractivity contribution >= 4 is 22.8 Å². The number of aliphatic hydroxyl groups excluding tert-OH is 2. The van der Waals surface area contributed by atoms with Crippen LogP contribution in [-0.2, 0) is 0 Å². The quantitative estimate of drug-likeness (QED) is 0.391. The molecule has 1 heterocycles. The molecule has 1 aromatic carbocycles. The fourth-order valence-electron chi connectivity index (χ4n) is 1.91. The first kappa shape index (κ1) is 15.0. The third-order valence-electron chi connectivity index (χ3n) is 3.03. The van der Waals surface area contributed by atoms with E-state index in [9.17, 15) is 4.79 Å². The van der Waals surface area contributed by atoms with Crippen LogP contribution in [0.3, 0.4) is 0 Å². The van der Waals surface area contributed by atoms with Crippen LogP contribution in [0.1, 0.15) is 16.8 Å². The third kappa shape index (κ3) is 3.80. The van der Waals surface area contributed by atoms with Crippen LogP contribution in [0, 0.1) is 0 Å². The van der Waals surface area contributed by atoms with Crippen molar-refractivity contribution in [3.05, 3.63) is 36.0 Å². The molecule has 1 unspecified atom stereocenters. The summed E-state index contributed by atoms with van der Waals surface area (Å²) < 4.78 is 0. The van der Waals surface area contributed by atoms with E-state index in [-0.39, 0.29) is 31.4 Å². The molecule has 0 radical (unpaired) electrons. The van der Waals surface area contributed by atoms with Crippen LogP contribution < -0.4 is 11.1 Å². The standard InChI is InChI=1S/C14H18N4O3/c15-14(16-6-5-9(20)8-19)18-13(21)11-7-17-12-4-2-1-3-10(11)12/h1-4,7,9,17,19-20H,5-6,8H2,(H3,15,16,18,21). The van der Waals surface area contributed by atoms with Gasteiger partial charge in [-0.25, -0.2) is 0 Å². The van der Waals surface area contributed by atoms with Crippen LogP contribution in [0.5, 0.6) is 0 Å². The summed E-state index contributed by atoms with van der Waals surface area (Å²) in [7, 11) is 0. The topological polar surface area (TPSA) is 124 Å². The van der Waals surface area contributed by atoms with Gasteiger partial charge in [0.1, 0.15) is 0 Å². The fourth-order valence-corrected chi connectivity index (χ4v) is 1.91. The summed E-state index contributed by atoms with van der Waals surface area (Å²) in [5.41, 5.74) is 6.97. The zero-order valence-electron chi connectivity index (χ0n) is 11.4. The molecular weight excluding hydrogens is 272 g/mol. The first-order valence-corrected chi connectivity index (χ1v) is 6.58. The van der Waals surface area contributed by atoms with Gasteiger partial charge in [0.2, 0.25) is 0 Å². The van der Waals surface area contributed by atoms with Crippen molar-refractivity contribution in [2.45, 2.75) is 12.5 Å². The molecule has 1 atom stereocenters. The maximum absolute atomic E-state index is 12.1. The second-order valence-electron chi connectivity index (χ2n) is 4.59. The molecule has 0 saturated carbocycles. The van der Waals surface area contributed by atoms with Gasteiger partial charge in [-0.2, -0.15) is 0 Å². The number of hydrogen-bond donors (Lipinski definition) is 5. The number of rotatable bonds is 5. The number of guanidine groups is 1. The number of para-hydroxylation sites is 1. The van der Waals surface area contributed by atoms with Crippen LogP contribution in [-0.4, -0.2) is 46.3 Å². The Bertz CT molecular complexity index is 650. The molecule has 7 nitrogen and oxygen atoms in total. The number of nitrogens with two attached hydrogens (primary N) is 1. The number of aromatic amines is 1. The lowest BCUT2D eigenvalue weighted by atomic mass is 10.1. The highest BCUT2D eigenvalue weighted by Gasteiger charge is 2.12. The second kappa shape index (κ2) is 6.87. The average molecular weight is 290 g/mol. The van der Waals surface area contributed by atoms with Crippen molar-refractivity contribution in [3.8, 4) is 0 Å². The monoisotopic (exact) mass is 290 g/mol. The van der Waals surface area contributed by atoms with Crippen LogP contribution in [0.25, 0.3) is 10.9 Å². The molecule has 2 rings (SSSR count). The molecule has 6 N–H and O–H groups in total. The van der Waals surface area contributed by atoms with Crippen LogP contribution in [0.2, 0.25) is 0 Å². The first-order valence-electron chi connectivity index (χ1n) is 6.58. The molecule has 1 aromatic heterocycles. The number of hydrogen-bond acceptors (Lipinski definition) is 4. The van der Waals surface area contributed by atoms with Crippen LogP contribution >= 0.6 is 0 Å². The van der Waals surface area contributed by atoms with Gasteiger partial charge in [0, 0.05) is 23.6 Å². The summed E-state index contributed by atoms with van der Waals surface area (Å²) in [6.45, 7) is -0.0984. The van der Waals surface area contributed by atoms with Gasteiger partial charge in [-0.05, 0) is 12.5 Å². The minimum Gasteiger partial charge on any atom is -0.394 e. The molecule has 112 valence electrons. The zero-order valence-corrected chi connectivity index (χ0v) is 11.4. The van der Waals surface area contributed by atoms with Crippen LogP contribution in [0.4, 0.5) is 0 Å². The molecule has 2 aromatic rings. The van der Waals surface area contributed by atoms with Gasteiger partial charge in [-0.1, -0.05) is 18.2 Å². The molecular formula is C14H18N4O3. The van der Waals surface area contributed by atoms with E-state index in [1.165, 1.54) is 0 Å². The van der Waals surface area contributed by atoms with Crippen molar-refractivity contribution in [3.63, 3.8) is 0 Å². The number of fused-ring (bicyclic) bond motifs is 1. The molecule has 0 saturated heterocycles. The van der Waals surface area contributed by atoms with Crippen molar-refractivity contribution in [2.24, 2.45) is 10.7 Å². The molecule has 7 heteroatoms. The molecule has 0 spiro atoms. The van der Waals surface area contributed by atoms with Gasteiger partial charge in [-0.3, -0.25) is 15.1 Å². The van der Waals surface area contributed by atoms with Crippen molar-refractivity contribution in [1.82, 2.24) is 10.3 Å². The Balaban J connectivity index is 1.99. The van der Waals surface area contributed by atoms with E-state index >= 15 is 0 Å². The summed E-state index contributed by atoms with van der Waals surface area (Å²) in [5, 5.41) is 21.1. The van der Waals surface area contributed by atoms with Crippen LogP contribution in [0.15, 0.2) is 35.5 Å². The molecule has 0 aliphatic rings. The summed E-state index contributed by atoms with van der Waals surface area (Å²) >= 11 is 0. The third-order valence-corrected chi connectivity index (χ3v) is 3.03. The lowest BCUT2D eigenvalue weighted by Gasteiger charge is -2.06. The number of carbonyl (C=O) groups excluding carboxylic acids is 1. The van der Waals surface area contributed by atoms with Crippen molar-refractivity contribution < 1.29 is 15.0 Å². The Morgan fingerprint density at radius 3 is 2.95 bits per heavy atom. The summed E-state index contributed by atoms with van der Waals surface area (Å²) in [4.78, 5) is 19.0. The number of nitrogens with one attached hydrogen (secondary N) is 2. The predicted molar refractivity (Wildman–Crippen MR) is 80.0 cm³/mol. The first-order chi connectivity index (χ1) is 10.1. The number of aromatic nitrogens is 1. The summed E-state index contributed by atoms with van der Waals surface area (Å²) in [6, 6.07) is 7.44. The highest BCUT2D eigenvalue weighted by molar-refractivity contribution is 6.12. The Kier molecular flexibility index (Phi) is 4.91. The highest BCUT2D eigenvalue weighted by atomic mass is 16.3. The number of aliphatic hydroxyl groups is 2. The van der Waals surface area contributed by atoms with Gasteiger partial charge in [-0.15, -0.1) is 0 Å². The summed E-state index contributed by atoms with van der Waals surface area (Å²) in [6.07, 6.45) is 1.06. The van der Waals surface area contributed by atoms with E-state index in [1.807, 2.05) is 24.3 Å². The van der Waals surface area contributed by atoms with E-state index < -0.39 is 6.10 Å². The number of benzene rings is 1. The minimum absolute atomic E-state index is 0.0181. The van der Waals surface area contributed by atoms with E-state index in [2.05, 4.69) is 15.3 Å². The van der Waals surface area contributed by atoms with E-state index in [0.717, 1.165) is 10.9 Å². The maximum atomic E-state index is 12.1. The molecule has 0 aliphatic heterocycles. The number of amides is 1.